The van der Waals surface area contributed by atoms with Gasteiger partial charge in [0.15, 0.2) is 6.17 Å². The topological polar surface area (TPSA) is 20.2 Å². The van der Waals surface area contributed by atoms with Gasteiger partial charge in [0.2, 0.25) is 9.76 Å². The van der Waals surface area contributed by atoms with Crippen LogP contribution in [0.15, 0.2) is 0 Å². The highest BCUT2D eigenvalue weighted by molar-refractivity contribution is 6.25. The molecular weight excluding hydrogens is 161 g/mol. The molecule has 0 aliphatic heterocycles. The van der Waals surface area contributed by atoms with Crippen molar-refractivity contribution in [3.05, 3.63) is 0 Å². The molecule has 1 nitrogen and oxygen atoms in total. The number of hydrogen-bond acceptors (Lipinski definition) is 1. The molecule has 1 N–H and O–H groups in total. The van der Waals surface area contributed by atoms with Gasteiger partial charge >= 0.3 is 0 Å². The summed E-state index contributed by atoms with van der Waals surface area (Å²) in [6.45, 7) is 1.35. The van der Waals surface area contributed by atoms with Crippen molar-refractivity contribution in [2.24, 2.45) is 0 Å². The Balaban J connectivity index is 3.82. The Morgan fingerprint density at radius 1 is 1.60 bits per heavy atom. The van der Waals surface area contributed by atoms with Crippen LogP contribution in [0, 0.1) is 0 Å². The van der Waals surface area contributed by atoms with Gasteiger partial charge in [-0.2, -0.15) is 0 Å². The molecule has 0 fully saturated rings. The molecule has 0 heterocycles. The summed E-state index contributed by atoms with van der Waals surface area (Å²) in [7, 11) is -0.885. The maximum absolute atomic E-state index is 12.3. The molecule has 0 amide bonds. The van der Waals surface area contributed by atoms with E-state index in [1.54, 1.807) is 0 Å². The number of hydrogen-bond donors (Lipinski definition) is 1. The molecule has 0 aromatic rings. The lowest BCUT2D eigenvalue weighted by atomic mass is 10.2. The van der Waals surface area contributed by atoms with Crippen LogP contribution in [0.5, 0.6) is 0 Å². The SMILES string of the molecule is CCC(F)C(F)(F)C[Si]O. The van der Waals surface area contributed by atoms with E-state index in [9.17, 15) is 13.2 Å². The molecule has 60 valence electrons. The van der Waals surface area contributed by atoms with Crippen molar-refractivity contribution in [2.75, 3.05) is 0 Å². The summed E-state index contributed by atoms with van der Waals surface area (Å²) in [6, 6.07) is -0.762. The average molecular weight is 170 g/mol. The van der Waals surface area contributed by atoms with Crippen molar-refractivity contribution in [3.63, 3.8) is 0 Å². The minimum absolute atomic E-state index is 0.211. The zero-order valence-electron chi connectivity index (χ0n) is 5.57. The van der Waals surface area contributed by atoms with E-state index in [1.807, 2.05) is 0 Å². The average Bonchev–Trinajstić information content (AvgIpc) is 1.86. The lowest BCUT2D eigenvalue weighted by Gasteiger charge is -2.17. The third-order valence-electron chi connectivity index (χ3n) is 1.13. The van der Waals surface area contributed by atoms with E-state index in [0.717, 1.165) is 0 Å². The minimum atomic E-state index is -3.35. The Morgan fingerprint density at radius 2 is 2.10 bits per heavy atom. The molecule has 0 rings (SSSR count). The van der Waals surface area contributed by atoms with Crippen LogP contribution < -0.4 is 0 Å². The first-order valence-electron chi connectivity index (χ1n) is 2.93. The van der Waals surface area contributed by atoms with Crippen LogP contribution in [-0.2, 0) is 0 Å². The molecule has 2 radical (unpaired) electrons. The number of alkyl halides is 3. The van der Waals surface area contributed by atoms with Crippen molar-refractivity contribution in [3.8, 4) is 0 Å². The third-order valence-corrected chi connectivity index (χ3v) is 1.76. The second kappa shape index (κ2) is 3.97. The van der Waals surface area contributed by atoms with Crippen LogP contribution in [-0.4, -0.2) is 26.7 Å². The van der Waals surface area contributed by atoms with E-state index in [0.29, 0.717) is 0 Å². The Labute approximate surface area is 60.2 Å². The van der Waals surface area contributed by atoms with Gasteiger partial charge in [-0.3, -0.25) is 0 Å². The minimum Gasteiger partial charge on any atom is -0.431 e. The molecule has 1 atom stereocenters. The largest absolute Gasteiger partial charge is 0.431 e. The Hall–Kier alpha value is -0.0331. The van der Waals surface area contributed by atoms with Gasteiger partial charge in [0.05, 0.1) is 0 Å². The predicted octanol–water partition coefficient (Wildman–Crippen LogP) is 1.40. The van der Waals surface area contributed by atoms with Crippen LogP contribution in [0.25, 0.3) is 0 Å². The maximum atomic E-state index is 12.3. The highest BCUT2D eigenvalue weighted by Crippen LogP contribution is 2.27. The smallest absolute Gasteiger partial charge is 0.278 e. The van der Waals surface area contributed by atoms with Crippen LogP contribution in [0.2, 0.25) is 6.04 Å². The fourth-order valence-electron chi connectivity index (χ4n) is 0.515. The van der Waals surface area contributed by atoms with Crippen molar-refractivity contribution in [2.45, 2.75) is 31.5 Å². The standard InChI is InChI=1S/C5H9F3OSi/c1-2-4(6)5(7,8)3-10-9/h4,9H,2-3H2,1H3. The molecule has 0 aromatic carbocycles. The Kier molecular flexibility index (Phi) is 3.96. The second-order valence-corrected chi connectivity index (χ2v) is 2.64. The van der Waals surface area contributed by atoms with Crippen LogP contribution in [0.4, 0.5) is 13.2 Å². The summed E-state index contributed by atoms with van der Waals surface area (Å²) in [4.78, 5) is 8.13. The zero-order valence-corrected chi connectivity index (χ0v) is 6.57. The maximum Gasteiger partial charge on any atom is 0.278 e. The first-order chi connectivity index (χ1) is 4.54. The highest BCUT2D eigenvalue weighted by atomic mass is 28.2. The van der Waals surface area contributed by atoms with Gasteiger partial charge in [-0.1, -0.05) is 6.92 Å². The molecule has 0 saturated heterocycles. The summed E-state index contributed by atoms with van der Waals surface area (Å²) in [5.74, 6) is -3.35. The molecular formula is C5H9F3OSi. The first-order valence-corrected chi connectivity index (χ1v) is 4.09. The molecule has 10 heavy (non-hydrogen) atoms. The fourth-order valence-corrected chi connectivity index (χ4v) is 0.947. The summed E-state index contributed by atoms with van der Waals surface area (Å²) in [5, 5.41) is 0. The zero-order chi connectivity index (χ0) is 8.20. The van der Waals surface area contributed by atoms with Crippen molar-refractivity contribution < 1.29 is 18.0 Å². The number of rotatable bonds is 4. The quantitative estimate of drug-likeness (QED) is 0.632. The van der Waals surface area contributed by atoms with E-state index in [4.69, 9.17) is 4.80 Å². The van der Waals surface area contributed by atoms with E-state index in [1.165, 1.54) is 6.92 Å². The van der Waals surface area contributed by atoms with Crippen LogP contribution >= 0.6 is 0 Å². The Morgan fingerprint density at radius 3 is 2.40 bits per heavy atom. The lowest BCUT2D eigenvalue weighted by Crippen LogP contribution is -2.30. The molecule has 0 bridgehead atoms. The fraction of sp³-hybridized carbons (Fsp3) is 1.00. The molecule has 5 heteroatoms. The lowest BCUT2D eigenvalue weighted by molar-refractivity contribution is -0.0569. The third kappa shape index (κ3) is 2.70. The summed E-state index contributed by atoms with van der Waals surface area (Å²) < 4.78 is 36.8. The van der Waals surface area contributed by atoms with E-state index < -0.39 is 27.9 Å². The van der Waals surface area contributed by atoms with Crippen LogP contribution in [0.3, 0.4) is 0 Å². The van der Waals surface area contributed by atoms with Gasteiger partial charge in [-0.15, -0.1) is 0 Å². The molecule has 0 aliphatic rings. The van der Waals surface area contributed by atoms with E-state index in [-0.39, 0.29) is 6.42 Å². The van der Waals surface area contributed by atoms with Crippen molar-refractivity contribution in [1.82, 2.24) is 0 Å². The van der Waals surface area contributed by atoms with Crippen LogP contribution in [0.1, 0.15) is 13.3 Å². The van der Waals surface area contributed by atoms with Gasteiger partial charge in [0.1, 0.15) is 0 Å². The predicted molar refractivity (Wildman–Crippen MR) is 32.9 cm³/mol. The van der Waals surface area contributed by atoms with E-state index in [2.05, 4.69) is 0 Å². The summed E-state index contributed by atoms with van der Waals surface area (Å²) in [5.41, 5.74) is 0. The van der Waals surface area contributed by atoms with Crippen molar-refractivity contribution >= 4 is 9.76 Å². The molecule has 0 spiro atoms. The van der Waals surface area contributed by atoms with Gasteiger partial charge < -0.3 is 4.80 Å². The molecule has 0 saturated carbocycles. The van der Waals surface area contributed by atoms with Crippen molar-refractivity contribution in [1.29, 1.82) is 0 Å². The Bertz CT molecular complexity index is 98.9. The van der Waals surface area contributed by atoms with Gasteiger partial charge in [-0.25, -0.2) is 13.2 Å². The van der Waals surface area contributed by atoms with Gasteiger partial charge in [-0.05, 0) is 6.42 Å². The second-order valence-electron chi connectivity index (χ2n) is 1.97. The monoisotopic (exact) mass is 170 g/mol. The van der Waals surface area contributed by atoms with Gasteiger partial charge in [0.25, 0.3) is 5.92 Å². The molecule has 0 aliphatic carbocycles. The molecule has 1 unspecified atom stereocenters. The summed E-state index contributed by atoms with van der Waals surface area (Å²) in [6.07, 6.45) is -2.33. The summed E-state index contributed by atoms with van der Waals surface area (Å²) >= 11 is 0. The number of halogens is 3. The first kappa shape index (κ1) is 9.97. The highest BCUT2D eigenvalue weighted by Gasteiger charge is 2.38. The normalized spacial score (nSPS) is 15.3. The van der Waals surface area contributed by atoms with Gasteiger partial charge in [0, 0.05) is 6.04 Å². The molecule has 0 aromatic heterocycles. The van der Waals surface area contributed by atoms with E-state index >= 15 is 0 Å².